The second-order valence-electron chi connectivity index (χ2n) is 7.83. The number of pyridine rings is 1. The fraction of sp³-hybridized carbons (Fsp3) is 0.174. The van der Waals surface area contributed by atoms with Gasteiger partial charge in [0, 0.05) is 11.8 Å². The highest BCUT2D eigenvalue weighted by atomic mass is 35.5. The number of amides is 1. The number of hydrogen-bond donors (Lipinski definition) is 3. The Morgan fingerprint density at radius 3 is 2.66 bits per heavy atom. The summed E-state index contributed by atoms with van der Waals surface area (Å²) < 4.78 is 46.1. The zero-order valence-electron chi connectivity index (χ0n) is 18.1. The molecule has 2 aromatic heterocycles. The monoisotopic (exact) mass is 523 g/mol. The van der Waals surface area contributed by atoms with Gasteiger partial charge in [-0.1, -0.05) is 41.4 Å². The van der Waals surface area contributed by atoms with Crippen molar-refractivity contribution in [2.45, 2.75) is 19.0 Å². The third kappa shape index (κ3) is 4.90. The van der Waals surface area contributed by atoms with Crippen LogP contribution in [0.4, 0.5) is 19.1 Å². The third-order valence-corrected chi connectivity index (χ3v) is 6.13. The number of nitrogens with two attached hydrogens (primary N) is 1. The molecule has 182 valence electrons. The van der Waals surface area contributed by atoms with Gasteiger partial charge in [0.05, 0.1) is 22.2 Å². The van der Waals surface area contributed by atoms with E-state index in [0.717, 1.165) is 6.07 Å². The molecule has 0 saturated heterocycles. The van der Waals surface area contributed by atoms with Gasteiger partial charge in [0.2, 0.25) is 5.95 Å². The Bertz CT molecular complexity index is 1440. The van der Waals surface area contributed by atoms with Gasteiger partial charge in [0.25, 0.3) is 11.8 Å². The summed E-state index contributed by atoms with van der Waals surface area (Å²) in [6.07, 6.45) is -0.755. The molecule has 0 bridgehead atoms. The Labute approximate surface area is 207 Å². The molecule has 4 N–H and O–H groups in total. The van der Waals surface area contributed by atoms with Crippen molar-refractivity contribution in [2.24, 2.45) is 0 Å². The van der Waals surface area contributed by atoms with Gasteiger partial charge in [0.15, 0.2) is 5.65 Å². The molecule has 1 atom stereocenters. The first-order valence-electron chi connectivity index (χ1n) is 10.2. The molecule has 0 aliphatic carbocycles. The van der Waals surface area contributed by atoms with Gasteiger partial charge in [-0.3, -0.25) is 4.79 Å². The summed E-state index contributed by atoms with van der Waals surface area (Å²) in [7, 11) is 0. The van der Waals surface area contributed by atoms with Gasteiger partial charge in [-0.05, 0) is 47.9 Å². The average molecular weight is 524 g/mol. The van der Waals surface area contributed by atoms with Gasteiger partial charge in [0.1, 0.15) is 11.9 Å². The molecule has 0 aliphatic rings. The van der Waals surface area contributed by atoms with E-state index in [1.54, 1.807) is 6.07 Å². The summed E-state index contributed by atoms with van der Waals surface area (Å²) in [5, 5.41) is 16.2. The first-order valence-corrected chi connectivity index (χ1v) is 10.9. The Morgan fingerprint density at radius 2 is 1.94 bits per heavy atom. The highest BCUT2D eigenvalue weighted by Gasteiger charge is 2.40. The number of rotatable bonds is 6. The number of carbonyl (C=O) groups excluding carboxylic acids is 1. The zero-order valence-corrected chi connectivity index (χ0v) is 19.6. The standard InChI is InChI=1S/C23H18Cl2F3N5O2/c1-11-2-4-14(12-6-7-33-17(9-12)31-22(29)32-33)19(26)18(11)21(35)30-10-23(27,28)20(34)13-3-5-15(24)16(25)8-13/h2-9,20,34H,10H2,1H3,(H2,29,32)(H,30,35). The number of fused-ring (bicyclic) bond motifs is 1. The first kappa shape index (κ1) is 24.8. The lowest BCUT2D eigenvalue weighted by Crippen LogP contribution is -2.41. The molecule has 2 aromatic carbocycles. The van der Waals surface area contributed by atoms with Crippen LogP contribution >= 0.6 is 23.2 Å². The molecule has 7 nitrogen and oxygen atoms in total. The predicted molar refractivity (Wildman–Crippen MR) is 126 cm³/mol. The number of benzene rings is 2. The number of alkyl halides is 2. The largest absolute Gasteiger partial charge is 0.382 e. The van der Waals surface area contributed by atoms with Crippen LogP contribution in [0, 0.1) is 12.7 Å². The van der Waals surface area contributed by atoms with E-state index in [9.17, 15) is 18.7 Å². The SMILES string of the molecule is Cc1ccc(-c2ccn3nc(N)nc3c2)c(F)c1C(=O)NCC(F)(F)C(O)c1ccc(Cl)c(Cl)c1. The summed E-state index contributed by atoms with van der Waals surface area (Å²) in [6.45, 7) is 0.230. The number of nitrogens with one attached hydrogen (secondary N) is 1. The number of aromatic nitrogens is 3. The number of aryl methyl sites for hydroxylation is 1. The van der Waals surface area contributed by atoms with Crippen LogP contribution in [0.25, 0.3) is 16.8 Å². The Morgan fingerprint density at radius 1 is 1.20 bits per heavy atom. The molecule has 0 radical (unpaired) electrons. The van der Waals surface area contributed by atoms with E-state index in [1.165, 1.54) is 48.0 Å². The molecule has 1 amide bonds. The van der Waals surface area contributed by atoms with Crippen LogP contribution in [0.2, 0.25) is 10.0 Å². The molecular weight excluding hydrogens is 506 g/mol. The number of carbonyl (C=O) groups is 1. The average Bonchev–Trinajstić information content (AvgIpc) is 3.18. The Kier molecular flexibility index (Phi) is 6.63. The second-order valence-corrected chi connectivity index (χ2v) is 8.64. The van der Waals surface area contributed by atoms with Gasteiger partial charge >= 0.3 is 0 Å². The molecule has 2 heterocycles. The van der Waals surface area contributed by atoms with Crippen molar-refractivity contribution in [1.29, 1.82) is 0 Å². The lowest BCUT2D eigenvalue weighted by atomic mass is 9.98. The molecule has 0 aliphatic heterocycles. The fourth-order valence-electron chi connectivity index (χ4n) is 3.55. The fourth-order valence-corrected chi connectivity index (χ4v) is 3.86. The molecule has 1 unspecified atom stereocenters. The van der Waals surface area contributed by atoms with Crippen LogP contribution in [0.1, 0.15) is 27.6 Å². The number of aliphatic hydroxyl groups is 1. The van der Waals surface area contributed by atoms with Gasteiger partial charge in [-0.2, -0.15) is 4.98 Å². The van der Waals surface area contributed by atoms with Crippen molar-refractivity contribution in [3.05, 3.63) is 81.2 Å². The summed E-state index contributed by atoms with van der Waals surface area (Å²) in [5.74, 6) is -5.70. The van der Waals surface area contributed by atoms with Gasteiger partial charge in [-0.15, -0.1) is 5.10 Å². The normalized spacial score (nSPS) is 12.7. The topological polar surface area (TPSA) is 106 Å². The summed E-state index contributed by atoms with van der Waals surface area (Å²) >= 11 is 11.6. The molecule has 0 saturated carbocycles. The molecule has 35 heavy (non-hydrogen) atoms. The van der Waals surface area contributed by atoms with Crippen LogP contribution < -0.4 is 11.1 Å². The lowest BCUT2D eigenvalue weighted by molar-refractivity contribution is -0.106. The van der Waals surface area contributed by atoms with Crippen LogP contribution in [0.3, 0.4) is 0 Å². The third-order valence-electron chi connectivity index (χ3n) is 5.39. The Balaban J connectivity index is 1.57. The Hall–Kier alpha value is -3.34. The highest BCUT2D eigenvalue weighted by Crippen LogP contribution is 2.34. The van der Waals surface area contributed by atoms with Gasteiger partial charge < -0.3 is 16.2 Å². The van der Waals surface area contributed by atoms with Crippen molar-refractivity contribution >= 4 is 40.7 Å². The van der Waals surface area contributed by atoms with Crippen LogP contribution in [0.5, 0.6) is 0 Å². The highest BCUT2D eigenvalue weighted by molar-refractivity contribution is 6.42. The number of nitrogens with zero attached hydrogens (tertiary/aromatic N) is 3. The quantitative estimate of drug-likeness (QED) is 0.335. The van der Waals surface area contributed by atoms with E-state index in [-0.39, 0.29) is 32.7 Å². The van der Waals surface area contributed by atoms with Crippen LogP contribution in [0.15, 0.2) is 48.7 Å². The van der Waals surface area contributed by atoms with E-state index in [0.29, 0.717) is 11.2 Å². The van der Waals surface area contributed by atoms with E-state index in [4.69, 9.17) is 28.9 Å². The maximum absolute atomic E-state index is 15.4. The number of nitrogen functional groups attached to an aromatic ring is 1. The maximum Gasteiger partial charge on any atom is 0.294 e. The number of halogens is 5. The summed E-state index contributed by atoms with van der Waals surface area (Å²) in [5.41, 5.74) is 6.04. The minimum absolute atomic E-state index is 0.00966. The smallest absolute Gasteiger partial charge is 0.294 e. The number of aliphatic hydroxyl groups excluding tert-OH is 1. The molecule has 4 aromatic rings. The maximum atomic E-state index is 15.4. The minimum Gasteiger partial charge on any atom is -0.382 e. The molecule has 0 spiro atoms. The van der Waals surface area contributed by atoms with Crippen LogP contribution in [-0.2, 0) is 0 Å². The van der Waals surface area contributed by atoms with Crippen LogP contribution in [-0.4, -0.2) is 38.1 Å². The number of anilines is 1. The van der Waals surface area contributed by atoms with E-state index >= 15 is 4.39 Å². The molecule has 0 fully saturated rings. The number of hydrogen-bond acceptors (Lipinski definition) is 5. The van der Waals surface area contributed by atoms with E-state index < -0.39 is 35.9 Å². The van der Waals surface area contributed by atoms with Crippen molar-refractivity contribution in [3.8, 4) is 11.1 Å². The summed E-state index contributed by atoms with van der Waals surface area (Å²) in [6, 6.07) is 9.62. The zero-order chi connectivity index (χ0) is 25.5. The van der Waals surface area contributed by atoms with Crippen molar-refractivity contribution < 1.29 is 23.1 Å². The minimum atomic E-state index is -3.78. The van der Waals surface area contributed by atoms with Crippen molar-refractivity contribution in [2.75, 3.05) is 12.3 Å². The lowest BCUT2D eigenvalue weighted by Gasteiger charge is -2.24. The van der Waals surface area contributed by atoms with Crippen molar-refractivity contribution in [3.63, 3.8) is 0 Å². The summed E-state index contributed by atoms with van der Waals surface area (Å²) in [4.78, 5) is 16.8. The second kappa shape index (κ2) is 9.37. The molecule has 4 rings (SSSR count). The van der Waals surface area contributed by atoms with E-state index in [1.807, 2.05) is 5.32 Å². The first-order chi connectivity index (χ1) is 16.5. The van der Waals surface area contributed by atoms with E-state index in [2.05, 4.69) is 10.1 Å². The van der Waals surface area contributed by atoms with Gasteiger partial charge in [-0.25, -0.2) is 17.7 Å². The molecular formula is C23H18Cl2F3N5O2. The predicted octanol–water partition coefficient (Wildman–Crippen LogP) is 4.83. The van der Waals surface area contributed by atoms with Crippen molar-refractivity contribution in [1.82, 2.24) is 19.9 Å². The molecule has 12 heteroatoms.